The molecule has 8 heteroatoms. The molecular formula is C18H21BrN2O4S. The number of ether oxygens (including phenoxy) is 1. The van der Waals surface area contributed by atoms with Crippen molar-refractivity contribution >= 4 is 37.5 Å². The third kappa shape index (κ3) is 4.84. The van der Waals surface area contributed by atoms with Gasteiger partial charge in [0.25, 0.3) is 0 Å². The van der Waals surface area contributed by atoms with Gasteiger partial charge in [-0.3, -0.25) is 4.79 Å². The summed E-state index contributed by atoms with van der Waals surface area (Å²) in [6, 6.07) is 11.9. The Labute approximate surface area is 162 Å². The number of amides is 1. The number of hydrogen-bond donors (Lipinski definition) is 1. The predicted octanol–water partition coefficient (Wildman–Crippen LogP) is 3.42. The molecule has 0 fully saturated rings. The van der Waals surface area contributed by atoms with Crippen LogP contribution in [0.25, 0.3) is 0 Å². The van der Waals surface area contributed by atoms with Gasteiger partial charge in [0.05, 0.1) is 18.6 Å². The molecule has 0 saturated carbocycles. The number of carbonyl (C=O) groups excluding carboxylic acids is 1. The van der Waals surface area contributed by atoms with Crippen LogP contribution in [0.2, 0.25) is 0 Å². The zero-order chi connectivity index (χ0) is 19.3. The molecule has 6 nitrogen and oxygen atoms in total. The highest BCUT2D eigenvalue weighted by molar-refractivity contribution is 9.10. The Balaban J connectivity index is 2.16. The van der Waals surface area contributed by atoms with Gasteiger partial charge in [0, 0.05) is 16.7 Å². The standard InChI is InChI=1S/C18H21BrN2O4S/c1-4-21(26(23,24)17-11-14(19)6-5-13(17)2)12-18(22)20-15-7-9-16(25-3)10-8-15/h5-11H,4,12H2,1-3H3,(H,20,22). The molecule has 0 atom stereocenters. The average Bonchev–Trinajstić information content (AvgIpc) is 2.62. The Bertz CT molecular complexity index is 883. The van der Waals surface area contributed by atoms with Gasteiger partial charge in [-0.15, -0.1) is 0 Å². The minimum atomic E-state index is -3.78. The number of halogens is 1. The van der Waals surface area contributed by atoms with Crippen molar-refractivity contribution in [3.05, 3.63) is 52.5 Å². The molecule has 26 heavy (non-hydrogen) atoms. The molecule has 0 aromatic heterocycles. The van der Waals surface area contributed by atoms with Gasteiger partial charge in [-0.05, 0) is 48.9 Å². The molecule has 0 aliphatic rings. The van der Waals surface area contributed by atoms with Gasteiger partial charge in [-0.2, -0.15) is 4.31 Å². The van der Waals surface area contributed by atoms with E-state index < -0.39 is 15.9 Å². The van der Waals surface area contributed by atoms with E-state index in [-0.39, 0.29) is 18.0 Å². The first kappa shape index (κ1) is 20.4. The fourth-order valence-electron chi connectivity index (χ4n) is 2.39. The monoisotopic (exact) mass is 440 g/mol. The smallest absolute Gasteiger partial charge is 0.243 e. The summed E-state index contributed by atoms with van der Waals surface area (Å²) in [5, 5.41) is 2.70. The molecule has 0 unspecified atom stereocenters. The number of rotatable bonds is 7. The largest absolute Gasteiger partial charge is 0.497 e. The van der Waals surface area contributed by atoms with Crippen LogP contribution in [0.3, 0.4) is 0 Å². The maximum atomic E-state index is 12.9. The number of likely N-dealkylation sites (N-methyl/N-ethyl adjacent to an activating group) is 1. The molecule has 0 bridgehead atoms. The first-order chi connectivity index (χ1) is 12.3. The summed E-state index contributed by atoms with van der Waals surface area (Å²) in [5.74, 6) is 0.263. The summed E-state index contributed by atoms with van der Waals surface area (Å²) in [5.41, 5.74) is 1.20. The second kappa shape index (κ2) is 8.66. The van der Waals surface area contributed by atoms with Crippen LogP contribution >= 0.6 is 15.9 Å². The maximum Gasteiger partial charge on any atom is 0.243 e. The quantitative estimate of drug-likeness (QED) is 0.715. The molecule has 1 amide bonds. The SMILES string of the molecule is CCN(CC(=O)Nc1ccc(OC)cc1)S(=O)(=O)c1cc(Br)ccc1C. The summed E-state index contributed by atoms with van der Waals surface area (Å²) < 4.78 is 32.7. The van der Waals surface area contributed by atoms with E-state index in [1.807, 2.05) is 0 Å². The molecule has 2 aromatic carbocycles. The van der Waals surface area contributed by atoms with E-state index in [2.05, 4.69) is 21.2 Å². The molecule has 2 aromatic rings. The third-order valence-electron chi connectivity index (χ3n) is 3.81. The van der Waals surface area contributed by atoms with E-state index in [0.29, 0.717) is 21.5 Å². The number of hydrogen-bond acceptors (Lipinski definition) is 4. The van der Waals surface area contributed by atoms with Crippen LogP contribution in [0, 0.1) is 6.92 Å². The first-order valence-corrected chi connectivity index (χ1v) is 10.2. The van der Waals surface area contributed by atoms with Gasteiger partial charge in [-0.25, -0.2) is 8.42 Å². The number of benzene rings is 2. The van der Waals surface area contributed by atoms with Crippen LogP contribution in [-0.4, -0.2) is 38.8 Å². The minimum absolute atomic E-state index is 0.185. The minimum Gasteiger partial charge on any atom is -0.497 e. The van der Waals surface area contributed by atoms with Gasteiger partial charge in [0.15, 0.2) is 0 Å². The summed E-state index contributed by atoms with van der Waals surface area (Å²) in [4.78, 5) is 12.5. The van der Waals surface area contributed by atoms with Crippen molar-refractivity contribution in [1.82, 2.24) is 4.31 Å². The molecule has 140 valence electrons. The van der Waals surface area contributed by atoms with Crippen molar-refractivity contribution in [1.29, 1.82) is 0 Å². The Morgan fingerprint density at radius 1 is 1.19 bits per heavy atom. The number of aryl methyl sites for hydroxylation is 1. The van der Waals surface area contributed by atoms with E-state index in [1.165, 1.54) is 0 Å². The summed E-state index contributed by atoms with van der Waals surface area (Å²) in [6.07, 6.45) is 0. The van der Waals surface area contributed by atoms with Crippen molar-refractivity contribution in [3.63, 3.8) is 0 Å². The Morgan fingerprint density at radius 2 is 1.85 bits per heavy atom. The van der Waals surface area contributed by atoms with E-state index in [0.717, 1.165) is 4.31 Å². The van der Waals surface area contributed by atoms with Crippen LogP contribution < -0.4 is 10.1 Å². The predicted molar refractivity (Wildman–Crippen MR) is 105 cm³/mol. The summed E-state index contributed by atoms with van der Waals surface area (Å²) in [7, 11) is -2.22. The highest BCUT2D eigenvalue weighted by atomic mass is 79.9. The third-order valence-corrected chi connectivity index (χ3v) is 6.37. The normalized spacial score (nSPS) is 11.4. The zero-order valence-electron chi connectivity index (χ0n) is 14.8. The number of carbonyl (C=O) groups is 1. The Morgan fingerprint density at radius 3 is 2.42 bits per heavy atom. The van der Waals surface area contributed by atoms with Crippen LogP contribution in [0.4, 0.5) is 5.69 Å². The van der Waals surface area contributed by atoms with Crippen LogP contribution in [0.15, 0.2) is 51.8 Å². The number of nitrogens with one attached hydrogen (secondary N) is 1. The van der Waals surface area contributed by atoms with Crippen molar-refractivity contribution in [3.8, 4) is 5.75 Å². The first-order valence-electron chi connectivity index (χ1n) is 7.98. The van der Waals surface area contributed by atoms with E-state index in [4.69, 9.17) is 4.74 Å². The lowest BCUT2D eigenvalue weighted by atomic mass is 10.2. The van der Waals surface area contributed by atoms with Gasteiger partial charge in [-0.1, -0.05) is 28.9 Å². The fraction of sp³-hybridized carbons (Fsp3) is 0.278. The lowest BCUT2D eigenvalue weighted by Crippen LogP contribution is -2.38. The van der Waals surface area contributed by atoms with E-state index in [1.54, 1.807) is 63.4 Å². The molecular weight excluding hydrogens is 420 g/mol. The molecule has 0 saturated heterocycles. The second-order valence-electron chi connectivity index (χ2n) is 5.62. The molecule has 1 N–H and O–H groups in total. The Kier molecular flexibility index (Phi) is 6.80. The average molecular weight is 441 g/mol. The summed E-state index contributed by atoms with van der Waals surface area (Å²) >= 11 is 3.29. The van der Waals surface area contributed by atoms with Crippen LogP contribution in [0.5, 0.6) is 5.75 Å². The lowest BCUT2D eigenvalue weighted by molar-refractivity contribution is -0.116. The number of nitrogens with zero attached hydrogens (tertiary/aromatic N) is 1. The maximum absolute atomic E-state index is 12.9. The number of methoxy groups -OCH3 is 1. The van der Waals surface area contributed by atoms with Crippen LogP contribution in [-0.2, 0) is 14.8 Å². The molecule has 0 heterocycles. The molecule has 0 aliphatic heterocycles. The number of anilines is 1. The highest BCUT2D eigenvalue weighted by Crippen LogP contribution is 2.24. The molecule has 0 spiro atoms. The Hall–Kier alpha value is -1.90. The van der Waals surface area contributed by atoms with Gasteiger partial charge in [0.1, 0.15) is 5.75 Å². The summed E-state index contributed by atoms with van der Waals surface area (Å²) in [6.45, 7) is 3.34. The van der Waals surface area contributed by atoms with E-state index in [9.17, 15) is 13.2 Å². The van der Waals surface area contributed by atoms with Crippen LogP contribution in [0.1, 0.15) is 12.5 Å². The zero-order valence-corrected chi connectivity index (χ0v) is 17.2. The highest BCUT2D eigenvalue weighted by Gasteiger charge is 2.27. The molecule has 0 radical (unpaired) electrons. The number of sulfonamides is 1. The second-order valence-corrected chi connectivity index (χ2v) is 8.44. The fourth-order valence-corrected chi connectivity index (χ4v) is 4.56. The van der Waals surface area contributed by atoms with Crippen molar-refractivity contribution in [2.24, 2.45) is 0 Å². The van der Waals surface area contributed by atoms with Crippen molar-refractivity contribution in [2.75, 3.05) is 25.5 Å². The van der Waals surface area contributed by atoms with Gasteiger partial charge < -0.3 is 10.1 Å². The topological polar surface area (TPSA) is 75.7 Å². The van der Waals surface area contributed by atoms with Gasteiger partial charge in [0.2, 0.25) is 15.9 Å². The molecule has 2 rings (SSSR count). The van der Waals surface area contributed by atoms with E-state index >= 15 is 0 Å². The lowest BCUT2D eigenvalue weighted by Gasteiger charge is -2.21. The van der Waals surface area contributed by atoms with Crippen molar-refractivity contribution in [2.45, 2.75) is 18.7 Å². The van der Waals surface area contributed by atoms with Gasteiger partial charge >= 0.3 is 0 Å². The molecule has 0 aliphatic carbocycles. The van der Waals surface area contributed by atoms with Crippen molar-refractivity contribution < 1.29 is 17.9 Å².